The molecule has 2 unspecified atom stereocenters. The Kier molecular flexibility index (Phi) is 18.0. The van der Waals surface area contributed by atoms with Crippen molar-refractivity contribution in [3.8, 4) is 5.75 Å². The number of ether oxygens (including phenoxy) is 1. The lowest BCUT2D eigenvalue weighted by atomic mass is 9.81. The highest BCUT2D eigenvalue weighted by Gasteiger charge is 2.34. The number of allylic oxidation sites excluding steroid dienone is 3. The summed E-state index contributed by atoms with van der Waals surface area (Å²) >= 11 is 5.79. The van der Waals surface area contributed by atoms with Crippen molar-refractivity contribution in [1.82, 2.24) is 4.90 Å². The molecule has 1 saturated heterocycles. The number of anilines is 1. The maximum absolute atomic E-state index is 13.1. The number of nitrogens with two attached hydrogens (primary N) is 1. The first kappa shape index (κ1) is 36.9. The molecular weight excluding hydrogens is 520 g/mol. The van der Waals surface area contributed by atoms with Crippen molar-refractivity contribution in [3.05, 3.63) is 47.7 Å². The van der Waals surface area contributed by atoms with Crippen molar-refractivity contribution in [1.29, 1.82) is 0 Å². The van der Waals surface area contributed by atoms with Crippen molar-refractivity contribution in [2.45, 2.75) is 106 Å². The Labute approximate surface area is 241 Å². The minimum absolute atomic E-state index is 0.00104. The molecule has 1 aromatic carbocycles. The zero-order valence-corrected chi connectivity index (χ0v) is 26.3. The summed E-state index contributed by atoms with van der Waals surface area (Å²) in [6.45, 7) is 16.2. The average Bonchev–Trinajstić information content (AvgIpc) is 3.11. The van der Waals surface area contributed by atoms with Gasteiger partial charge in [0.2, 0.25) is 5.91 Å². The number of carbonyl (C=O) groups excluding carboxylic acids is 1. The van der Waals surface area contributed by atoms with Crippen molar-refractivity contribution in [3.63, 3.8) is 0 Å². The van der Waals surface area contributed by atoms with Crippen LogP contribution in [0, 0.1) is 5.92 Å². The minimum Gasteiger partial charge on any atom is -0.433 e. The number of unbranched alkanes of at least 4 members (excludes halogenated alkanes) is 1. The maximum Gasteiger partial charge on any atom is 0.394 e. The van der Waals surface area contributed by atoms with Crippen LogP contribution in [-0.2, 0) is 4.79 Å². The Morgan fingerprint density at radius 1 is 1.08 bits per heavy atom. The first-order valence-electron chi connectivity index (χ1n) is 14.3. The second kappa shape index (κ2) is 19.0. The van der Waals surface area contributed by atoms with Crippen molar-refractivity contribution >= 4 is 23.2 Å². The molecular formula is C31H52ClF2N3O2. The van der Waals surface area contributed by atoms with Gasteiger partial charge in [0.25, 0.3) is 0 Å². The molecule has 2 aliphatic heterocycles. The average molecular weight is 572 g/mol. The lowest BCUT2D eigenvalue weighted by Gasteiger charge is -2.43. The Balaban J connectivity index is 0.00000162. The zero-order valence-electron chi connectivity index (χ0n) is 25.6. The van der Waals surface area contributed by atoms with Crippen LogP contribution in [0.15, 0.2) is 47.7 Å². The quantitative estimate of drug-likeness (QED) is 0.348. The molecule has 0 aromatic heterocycles. The highest BCUT2D eigenvalue weighted by atomic mass is 35.5. The fourth-order valence-electron chi connectivity index (χ4n) is 4.85. The van der Waals surface area contributed by atoms with E-state index < -0.39 is 6.11 Å². The molecule has 1 aromatic rings. The topological polar surface area (TPSA) is 58.8 Å². The summed E-state index contributed by atoms with van der Waals surface area (Å²) in [4.78, 5) is 16.3. The number of benzene rings is 1. The number of amides is 1. The summed E-state index contributed by atoms with van der Waals surface area (Å²) in [5, 5.41) is 0. The van der Waals surface area contributed by atoms with Crippen LogP contribution in [0.4, 0.5) is 14.5 Å². The Morgan fingerprint density at radius 3 is 2.03 bits per heavy atom. The lowest BCUT2D eigenvalue weighted by Crippen LogP contribution is -2.50. The van der Waals surface area contributed by atoms with Gasteiger partial charge >= 0.3 is 6.11 Å². The third-order valence-corrected chi connectivity index (χ3v) is 6.78. The molecule has 3 rings (SSSR count). The smallest absolute Gasteiger partial charge is 0.394 e. The predicted octanol–water partition coefficient (Wildman–Crippen LogP) is 8.38. The molecule has 0 radical (unpaired) electrons. The van der Waals surface area contributed by atoms with Crippen LogP contribution in [0.1, 0.15) is 87.5 Å². The molecule has 2 heterocycles. The highest BCUT2D eigenvalue weighted by Crippen LogP contribution is 2.36. The molecule has 2 aliphatic rings. The summed E-state index contributed by atoms with van der Waals surface area (Å²) in [5.74, 6) is 0.561. The van der Waals surface area contributed by atoms with Gasteiger partial charge in [-0.2, -0.15) is 8.78 Å². The molecule has 0 saturated carbocycles. The van der Waals surface area contributed by atoms with E-state index in [0.717, 1.165) is 44.1 Å². The van der Waals surface area contributed by atoms with Gasteiger partial charge in [0, 0.05) is 36.9 Å². The molecule has 224 valence electrons. The Bertz CT molecular complexity index is 871. The standard InChI is InChI=1S/C24H31ClF2N2O2.C4H10.C2H6.CH5N/c1-16-12-19(20-13-17(2)29(18(3)14-20)23(30)15-25)6-5-11-28(16)21-7-9-22(10-8-21)31-24(4,26)27;1-3-4-2;2*1-2/h6-10,12,17-18,20H,5,11,13-15H2,1-4H3;3-4H2,1-2H3;1-2H3;2H2,1H3. The monoisotopic (exact) mass is 571 g/mol. The number of piperidine rings is 1. The third-order valence-electron chi connectivity index (χ3n) is 6.55. The van der Waals surface area contributed by atoms with E-state index in [1.165, 1.54) is 25.5 Å². The number of likely N-dealkylation sites (tertiary alicyclic amines) is 1. The van der Waals surface area contributed by atoms with Crippen LogP contribution < -0.4 is 15.4 Å². The minimum atomic E-state index is -3.20. The van der Waals surface area contributed by atoms with E-state index in [-0.39, 0.29) is 29.6 Å². The predicted molar refractivity (Wildman–Crippen MR) is 163 cm³/mol. The number of rotatable bonds is 6. The molecule has 0 spiro atoms. The van der Waals surface area contributed by atoms with Crippen LogP contribution in [0.2, 0.25) is 0 Å². The summed E-state index contributed by atoms with van der Waals surface area (Å²) in [6, 6.07) is 7.07. The highest BCUT2D eigenvalue weighted by molar-refractivity contribution is 6.27. The second-order valence-corrected chi connectivity index (χ2v) is 9.90. The van der Waals surface area contributed by atoms with Crippen molar-refractivity contribution in [2.24, 2.45) is 11.7 Å². The molecule has 2 atom stereocenters. The number of nitrogens with zero attached hydrogens (tertiary/aromatic N) is 2. The van der Waals surface area contributed by atoms with Gasteiger partial charge < -0.3 is 20.3 Å². The first-order chi connectivity index (χ1) is 18.5. The summed E-state index contributed by atoms with van der Waals surface area (Å²) in [6.07, 6.45) is 6.68. The summed E-state index contributed by atoms with van der Waals surface area (Å²) < 4.78 is 30.8. The molecule has 1 fully saturated rings. The van der Waals surface area contributed by atoms with E-state index >= 15 is 0 Å². The van der Waals surface area contributed by atoms with Gasteiger partial charge in [-0.25, -0.2) is 0 Å². The third kappa shape index (κ3) is 12.3. The number of hydrogen-bond donors (Lipinski definition) is 1. The van der Waals surface area contributed by atoms with E-state index in [1.807, 2.05) is 30.9 Å². The Hall–Kier alpha value is -2.12. The normalized spacial score (nSPS) is 20.9. The van der Waals surface area contributed by atoms with E-state index in [4.69, 9.17) is 11.6 Å². The van der Waals surface area contributed by atoms with Gasteiger partial charge in [-0.1, -0.05) is 46.6 Å². The number of hydrogen-bond acceptors (Lipinski definition) is 4. The maximum atomic E-state index is 13.1. The zero-order chi connectivity index (χ0) is 30.2. The number of halogens is 3. The fraction of sp³-hybridized carbons (Fsp3) is 0.645. The van der Waals surface area contributed by atoms with Gasteiger partial charge in [0.15, 0.2) is 0 Å². The van der Waals surface area contributed by atoms with Crippen molar-refractivity contribution < 1.29 is 18.3 Å². The van der Waals surface area contributed by atoms with E-state index in [1.54, 1.807) is 12.1 Å². The summed E-state index contributed by atoms with van der Waals surface area (Å²) in [5.41, 5.74) is 7.86. The lowest BCUT2D eigenvalue weighted by molar-refractivity contribution is -0.159. The van der Waals surface area contributed by atoms with E-state index in [2.05, 4.69) is 62.1 Å². The SMILES string of the molecule is CC.CC1=CC(C2CC(C)N(C(=O)CCl)C(C)C2)=CCCN1c1ccc(OC(C)(F)F)cc1.CCCC.CN. The molecule has 2 N–H and O–H groups in total. The fourth-order valence-corrected chi connectivity index (χ4v) is 4.99. The molecule has 8 heteroatoms. The van der Waals surface area contributed by atoms with Gasteiger partial charge in [0.05, 0.1) is 0 Å². The van der Waals surface area contributed by atoms with Crippen molar-refractivity contribution in [2.75, 3.05) is 24.4 Å². The molecule has 39 heavy (non-hydrogen) atoms. The van der Waals surface area contributed by atoms with Gasteiger partial charge in [-0.3, -0.25) is 4.79 Å². The van der Waals surface area contributed by atoms with Gasteiger partial charge in [-0.05, 0) is 88.9 Å². The molecule has 5 nitrogen and oxygen atoms in total. The van der Waals surface area contributed by atoms with E-state index in [9.17, 15) is 13.6 Å². The molecule has 0 aliphatic carbocycles. The van der Waals surface area contributed by atoms with E-state index in [0.29, 0.717) is 5.92 Å². The van der Waals surface area contributed by atoms with Gasteiger partial charge in [0.1, 0.15) is 11.6 Å². The van der Waals surface area contributed by atoms with Crippen LogP contribution >= 0.6 is 11.6 Å². The molecule has 0 bridgehead atoms. The van der Waals surface area contributed by atoms with Gasteiger partial charge in [-0.15, -0.1) is 11.6 Å². The second-order valence-electron chi connectivity index (χ2n) is 9.63. The first-order valence-corrected chi connectivity index (χ1v) is 14.8. The largest absolute Gasteiger partial charge is 0.433 e. The van der Waals surface area contributed by atoms with Crippen LogP contribution in [-0.4, -0.2) is 48.5 Å². The van der Waals surface area contributed by atoms with Crippen LogP contribution in [0.25, 0.3) is 0 Å². The molecule has 1 amide bonds. The number of alkyl halides is 3. The number of carbonyl (C=O) groups is 1. The Morgan fingerprint density at radius 2 is 1.59 bits per heavy atom. The van der Waals surface area contributed by atoms with Crippen LogP contribution in [0.5, 0.6) is 5.75 Å². The van der Waals surface area contributed by atoms with Crippen LogP contribution in [0.3, 0.4) is 0 Å². The summed E-state index contributed by atoms with van der Waals surface area (Å²) in [7, 11) is 1.50.